The third-order valence-electron chi connectivity index (χ3n) is 1.72. The molecule has 0 spiro atoms. The fourth-order valence-electron chi connectivity index (χ4n) is 0.887. The summed E-state index contributed by atoms with van der Waals surface area (Å²) in [4.78, 5) is 12.8. The minimum absolute atomic E-state index is 0.167. The lowest BCUT2D eigenvalue weighted by molar-refractivity contribution is -0.125. The predicted molar refractivity (Wildman–Crippen MR) is 34.9 cm³/mol. The van der Waals surface area contributed by atoms with Gasteiger partial charge in [0.15, 0.2) is 0 Å². The topological polar surface area (TPSA) is 32.3 Å². The summed E-state index contributed by atoms with van der Waals surface area (Å²) in [5.74, 6) is 0.167. The Hall–Kier alpha value is -0.570. The molecular formula is C6H12N2O. The zero-order valence-electron chi connectivity index (χ0n) is 5.85. The summed E-state index contributed by atoms with van der Waals surface area (Å²) >= 11 is 0. The van der Waals surface area contributed by atoms with Crippen molar-refractivity contribution in [1.29, 1.82) is 0 Å². The SMILES string of the molecule is CC1NC(=O)CCN1C. The van der Waals surface area contributed by atoms with Crippen molar-refractivity contribution in [2.24, 2.45) is 0 Å². The minimum Gasteiger partial charge on any atom is -0.341 e. The predicted octanol–water partition coefficient (Wildman–Crippen LogP) is -0.216. The second kappa shape index (κ2) is 2.35. The molecule has 0 aliphatic carbocycles. The van der Waals surface area contributed by atoms with Gasteiger partial charge in [-0.15, -0.1) is 0 Å². The zero-order valence-corrected chi connectivity index (χ0v) is 5.85. The van der Waals surface area contributed by atoms with Gasteiger partial charge in [-0.3, -0.25) is 9.69 Å². The third kappa shape index (κ3) is 1.42. The molecule has 1 saturated heterocycles. The number of hydrogen-bond donors (Lipinski definition) is 1. The number of amides is 1. The van der Waals surface area contributed by atoms with Gasteiger partial charge in [0.05, 0.1) is 6.17 Å². The molecule has 0 bridgehead atoms. The Morgan fingerprint density at radius 1 is 1.78 bits per heavy atom. The summed E-state index contributed by atoms with van der Waals surface area (Å²) in [5, 5.41) is 2.82. The molecule has 0 saturated carbocycles. The molecule has 9 heavy (non-hydrogen) atoms. The fourth-order valence-corrected chi connectivity index (χ4v) is 0.887. The molecule has 3 nitrogen and oxygen atoms in total. The standard InChI is InChI=1S/C6H12N2O/c1-5-7-6(9)3-4-8(5)2/h5H,3-4H2,1-2H3,(H,7,9). The summed E-state index contributed by atoms with van der Waals surface area (Å²) in [5.41, 5.74) is 0. The lowest BCUT2D eigenvalue weighted by atomic mass is 10.3. The van der Waals surface area contributed by atoms with Crippen LogP contribution in [0.1, 0.15) is 13.3 Å². The van der Waals surface area contributed by atoms with Crippen molar-refractivity contribution in [3.05, 3.63) is 0 Å². The first-order valence-electron chi connectivity index (χ1n) is 3.20. The Bertz CT molecular complexity index is 124. The molecule has 1 heterocycles. The quantitative estimate of drug-likeness (QED) is 0.489. The van der Waals surface area contributed by atoms with Crippen molar-refractivity contribution >= 4 is 5.91 Å². The van der Waals surface area contributed by atoms with Gasteiger partial charge in [0.2, 0.25) is 5.91 Å². The van der Waals surface area contributed by atoms with Gasteiger partial charge in [0.1, 0.15) is 0 Å². The molecule has 1 aliphatic heterocycles. The molecule has 1 rings (SSSR count). The molecule has 0 aromatic heterocycles. The van der Waals surface area contributed by atoms with Gasteiger partial charge in [-0.05, 0) is 14.0 Å². The summed E-state index contributed by atoms with van der Waals surface area (Å²) in [6.45, 7) is 2.87. The zero-order chi connectivity index (χ0) is 6.85. The lowest BCUT2D eigenvalue weighted by Gasteiger charge is -2.29. The van der Waals surface area contributed by atoms with Gasteiger partial charge in [-0.25, -0.2) is 0 Å². The molecule has 3 heteroatoms. The van der Waals surface area contributed by atoms with Gasteiger partial charge < -0.3 is 5.32 Å². The molecule has 52 valence electrons. The van der Waals surface area contributed by atoms with Crippen molar-refractivity contribution in [1.82, 2.24) is 10.2 Å². The maximum absolute atomic E-state index is 10.7. The Balaban J connectivity index is 2.44. The van der Waals surface area contributed by atoms with E-state index in [0.717, 1.165) is 6.54 Å². The molecule has 1 N–H and O–H groups in total. The summed E-state index contributed by atoms with van der Waals surface area (Å²) in [6, 6.07) is 0. The number of nitrogens with zero attached hydrogens (tertiary/aromatic N) is 1. The van der Waals surface area contributed by atoms with Crippen molar-refractivity contribution in [2.45, 2.75) is 19.5 Å². The van der Waals surface area contributed by atoms with Crippen LogP contribution < -0.4 is 5.32 Å². The van der Waals surface area contributed by atoms with Crippen LogP contribution in [0.2, 0.25) is 0 Å². The van der Waals surface area contributed by atoms with E-state index in [1.807, 2.05) is 14.0 Å². The van der Waals surface area contributed by atoms with Crippen LogP contribution in [0.5, 0.6) is 0 Å². The number of hydrogen-bond acceptors (Lipinski definition) is 2. The van der Waals surface area contributed by atoms with Crippen molar-refractivity contribution < 1.29 is 4.79 Å². The highest BCUT2D eigenvalue weighted by Gasteiger charge is 2.17. The van der Waals surface area contributed by atoms with E-state index in [2.05, 4.69) is 10.2 Å². The average molecular weight is 128 g/mol. The van der Waals surface area contributed by atoms with E-state index >= 15 is 0 Å². The first-order chi connectivity index (χ1) is 4.20. The largest absolute Gasteiger partial charge is 0.341 e. The van der Waals surface area contributed by atoms with Crippen LogP contribution in [0.15, 0.2) is 0 Å². The van der Waals surface area contributed by atoms with Crippen molar-refractivity contribution in [3.63, 3.8) is 0 Å². The monoisotopic (exact) mass is 128 g/mol. The highest BCUT2D eigenvalue weighted by molar-refractivity contribution is 5.77. The highest BCUT2D eigenvalue weighted by atomic mass is 16.2. The van der Waals surface area contributed by atoms with Crippen LogP contribution in [-0.4, -0.2) is 30.6 Å². The van der Waals surface area contributed by atoms with Crippen LogP contribution in [0.3, 0.4) is 0 Å². The summed E-state index contributed by atoms with van der Waals surface area (Å²) in [7, 11) is 2.00. The van der Waals surface area contributed by atoms with E-state index in [9.17, 15) is 4.79 Å². The molecular weight excluding hydrogens is 116 g/mol. The Morgan fingerprint density at radius 2 is 2.44 bits per heavy atom. The first kappa shape index (κ1) is 6.55. The summed E-state index contributed by atoms with van der Waals surface area (Å²) in [6.07, 6.45) is 0.854. The first-order valence-corrected chi connectivity index (χ1v) is 3.20. The van der Waals surface area contributed by atoms with Gasteiger partial charge in [-0.1, -0.05) is 0 Å². The van der Waals surface area contributed by atoms with E-state index < -0.39 is 0 Å². The number of carbonyl (C=O) groups is 1. The van der Waals surface area contributed by atoms with E-state index in [1.54, 1.807) is 0 Å². The number of rotatable bonds is 0. The van der Waals surface area contributed by atoms with Gasteiger partial charge >= 0.3 is 0 Å². The Morgan fingerprint density at radius 3 is 2.89 bits per heavy atom. The third-order valence-corrected chi connectivity index (χ3v) is 1.72. The van der Waals surface area contributed by atoms with Gasteiger partial charge in [0.25, 0.3) is 0 Å². The molecule has 0 aromatic rings. The second-order valence-electron chi connectivity index (χ2n) is 2.47. The van der Waals surface area contributed by atoms with Crippen LogP contribution in [-0.2, 0) is 4.79 Å². The molecule has 1 aliphatic rings. The van der Waals surface area contributed by atoms with E-state index in [1.165, 1.54) is 0 Å². The van der Waals surface area contributed by atoms with Crippen molar-refractivity contribution in [3.8, 4) is 0 Å². The number of carbonyl (C=O) groups excluding carboxylic acids is 1. The smallest absolute Gasteiger partial charge is 0.222 e. The Labute approximate surface area is 55.0 Å². The van der Waals surface area contributed by atoms with E-state index in [4.69, 9.17) is 0 Å². The molecule has 0 radical (unpaired) electrons. The van der Waals surface area contributed by atoms with Crippen LogP contribution in [0, 0.1) is 0 Å². The number of nitrogens with one attached hydrogen (secondary N) is 1. The van der Waals surface area contributed by atoms with Crippen LogP contribution >= 0.6 is 0 Å². The maximum Gasteiger partial charge on any atom is 0.222 e. The average Bonchev–Trinajstić information content (AvgIpc) is 1.80. The second-order valence-corrected chi connectivity index (χ2v) is 2.47. The maximum atomic E-state index is 10.7. The van der Waals surface area contributed by atoms with Gasteiger partial charge in [0, 0.05) is 13.0 Å². The Kier molecular flexibility index (Phi) is 1.71. The molecule has 1 amide bonds. The minimum atomic E-state index is 0.167. The molecule has 1 atom stereocenters. The highest BCUT2D eigenvalue weighted by Crippen LogP contribution is 1.99. The van der Waals surface area contributed by atoms with Crippen LogP contribution in [0.4, 0.5) is 0 Å². The van der Waals surface area contributed by atoms with Gasteiger partial charge in [-0.2, -0.15) is 0 Å². The van der Waals surface area contributed by atoms with E-state index in [0.29, 0.717) is 6.42 Å². The van der Waals surface area contributed by atoms with Crippen LogP contribution in [0.25, 0.3) is 0 Å². The summed E-state index contributed by atoms with van der Waals surface area (Å²) < 4.78 is 0. The van der Waals surface area contributed by atoms with Crippen molar-refractivity contribution in [2.75, 3.05) is 13.6 Å². The lowest BCUT2D eigenvalue weighted by Crippen LogP contribution is -2.50. The molecule has 1 fully saturated rings. The molecule has 1 unspecified atom stereocenters. The normalized spacial score (nSPS) is 30.0. The molecule has 0 aromatic carbocycles. The van der Waals surface area contributed by atoms with E-state index in [-0.39, 0.29) is 12.1 Å². The fraction of sp³-hybridized carbons (Fsp3) is 0.833.